The number of aromatic nitrogens is 4. The molecule has 0 unspecified atom stereocenters. The second-order valence-corrected chi connectivity index (χ2v) is 6.39. The summed E-state index contributed by atoms with van der Waals surface area (Å²) in [5.74, 6) is 2.04. The van der Waals surface area contributed by atoms with Crippen LogP contribution in [-0.4, -0.2) is 60.9 Å². The molecule has 2 aliphatic rings. The molecule has 2 N–H and O–H groups in total. The number of fused-ring (bicyclic) bond motifs is 1. The van der Waals surface area contributed by atoms with Gasteiger partial charge in [-0.15, -0.1) is 10.2 Å². The van der Waals surface area contributed by atoms with Crippen molar-refractivity contribution in [3.8, 4) is 0 Å². The highest BCUT2D eigenvalue weighted by Crippen LogP contribution is 2.33. The van der Waals surface area contributed by atoms with Crippen molar-refractivity contribution in [3.05, 3.63) is 35.7 Å². The minimum absolute atomic E-state index is 0.142. The molecule has 22 heavy (non-hydrogen) atoms. The number of hydrogen-bond acceptors (Lipinski definition) is 5. The number of hydrogen-bond donors (Lipinski definition) is 2. The SMILES string of the molecule is CN1CCn2c(nnc2[C@@H]2C[C@H](O)CN2Cc2ccc[nH]2)C1. The standard InChI is InChI=1S/C15H22N6O/c1-19-5-6-21-14(10-19)17-18-15(21)13-7-12(22)9-20(13)8-11-3-2-4-16-11/h2-4,12-13,16,22H,5-10H2,1H3/t12-,13-/m0/s1. The van der Waals surface area contributed by atoms with E-state index in [0.717, 1.165) is 49.9 Å². The van der Waals surface area contributed by atoms with E-state index in [9.17, 15) is 5.11 Å². The van der Waals surface area contributed by atoms with Gasteiger partial charge in [-0.2, -0.15) is 0 Å². The van der Waals surface area contributed by atoms with Crippen molar-refractivity contribution in [1.29, 1.82) is 0 Å². The maximum Gasteiger partial charge on any atom is 0.150 e. The predicted molar refractivity (Wildman–Crippen MR) is 80.9 cm³/mol. The van der Waals surface area contributed by atoms with Gasteiger partial charge >= 0.3 is 0 Å². The first-order valence-corrected chi connectivity index (χ1v) is 7.85. The quantitative estimate of drug-likeness (QED) is 0.856. The normalized spacial score (nSPS) is 26.5. The van der Waals surface area contributed by atoms with Crippen LogP contribution in [0.1, 0.15) is 29.8 Å². The van der Waals surface area contributed by atoms with Gasteiger partial charge in [0, 0.05) is 38.1 Å². The van der Waals surface area contributed by atoms with Gasteiger partial charge in [0.1, 0.15) is 5.82 Å². The van der Waals surface area contributed by atoms with Crippen LogP contribution in [0, 0.1) is 0 Å². The van der Waals surface area contributed by atoms with Crippen LogP contribution in [0.2, 0.25) is 0 Å². The van der Waals surface area contributed by atoms with Crippen LogP contribution in [0.3, 0.4) is 0 Å². The Balaban J connectivity index is 1.60. The molecule has 2 aromatic rings. The zero-order valence-corrected chi connectivity index (χ0v) is 12.8. The van der Waals surface area contributed by atoms with Crippen molar-refractivity contribution in [1.82, 2.24) is 29.5 Å². The van der Waals surface area contributed by atoms with Crippen LogP contribution < -0.4 is 0 Å². The topological polar surface area (TPSA) is 73.2 Å². The fourth-order valence-corrected chi connectivity index (χ4v) is 3.55. The van der Waals surface area contributed by atoms with Crippen LogP contribution in [0.5, 0.6) is 0 Å². The van der Waals surface area contributed by atoms with Crippen molar-refractivity contribution < 1.29 is 5.11 Å². The third-order valence-corrected chi connectivity index (χ3v) is 4.69. The summed E-state index contributed by atoms with van der Waals surface area (Å²) in [4.78, 5) is 7.80. The molecule has 0 saturated carbocycles. The lowest BCUT2D eigenvalue weighted by Gasteiger charge is -2.27. The molecule has 1 saturated heterocycles. The Hall–Kier alpha value is -1.70. The van der Waals surface area contributed by atoms with E-state index >= 15 is 0 Å². The van der Waals surface area contributed by atoms with Gasteiger partial charge in [0.15, 0.2) is 5.82 Å². The molecule has 0 radical (unpaired) electrons. The van der Waals surface area contributed by atoms with Crippen LogP contribution in [0.15, 0.2) is 18.3 Å². The molecule has 1 fully saturated rings. The van der Waals surface area contributed by atoms with Gasteiger partial charge in [0.2, 0.25) is 0 Å². The van der Waals surface area contributed by atoms with Crippen molar-refractivity contribution >= 4 is 0 Å². The molecule has 2 aliphatic heterocycles. The number of likely N-dealkylation sites (tertiary alicyclic amines) is 1. The summed E-state index contributed by atoms with van der Waals surface area (Å²) in [5, 5.41) is 18.9. The molecule has 0 amide bonds. The average molecular weight is 302 g/mol. The van der Waals surface area contributed by atoms with Gasteiger partial charge in [-0.1, -0.05) is 0 Å². The smallest absolute Gasteiger partial charge is 0.150 e. The highest BCUT2D eigenvalue weighted by molar-refractivity contribution is 5.10. The largest absolute Gasteiger partial charge is 0.392 e. The van der Waals surface area contributed by atoms with Crippen LogP contribution in [0.4, 0.5) is 0 Å². The molecule has 0 spiro atoms. The van der Waals surface area contributed by atoms with Crippen molar-refractivity contribution in [3.63, 3.8) is 0 Å². The van der Waals surface area contributed by atoms with E-state index in [-0.39, 0.29) is 12.1 Å². The van der Waals surface area contributed by atoms with Crippen molar-refractivity contribution in [2.45, 2.75) is 38.2 Å². The number of nitrogens with zero attached hydrogens (tertiary/aromatic N) is 5. The molecular weight excluding hydrogens is 280 g/mol. The van der Waals surface area contributed by atoms with Crippen molar-refractivity contribution in [2.75, 3.05) is 20.1 Å². The number of aromatic amines is 1. The first-order chi connectivity index (χ1) is 10.7. The lowest BCUT2D eigenvalue weighted by molar-refractivity contribution is 0.171. The fourth-order valence-electron chi connectivity index (χ4n) is 3.55. The summed E-state index contributed by atoms with van der Waals surface area (Å²) in [7, 11) is 2.11. The van der Waals surface area contributed by atoms with Gasteiger partial charge in [-0.05, 0) is 25.6 Å². The summed E-state index contributed by atoms with van der Waals surface area (Å²) in [6.45, 7) is 4.28. The van der Waals surface area contributed by atoms with E-state index in [0.29, 0.717) is 6.54 Å². The molecule has 2 aromatic heterocycles. The maximum absolute atomic E-state index is 10.1. The zero-order valence-electron chi connectivity index (χ0n) is 12.8. The summed E-state index contributed by atoms with van der Waals surface area (Å²) in [6, 6.07) is 4.23. The predicted octanol–water partition coefficient (Wildman–Crippen LogP) is 0.359. The van der Waals surface area contributed by atoms with Crippen LogP contribution >= 0.6 is 0 Å². The van der Waals surface area contributed by atoms with Gasteiger partial charge < -0.3 is 14.7 Å². The molecular formula is C15H22N6O. The van der Waals surface area contributed by atoms with Gasteiger partial charge in [-0.25, -0.2) is 0 Å². The molecule has 4 heterocycles. The van der Waals surface area contributed by atoms with E-state index in [1.54, 1.807) is 0 Å². The zero-order chi connectivity index (χ0) is 15.1. The Labute approximate surface area is 129 Å². The van der Waals surface area contributed by atoms with E-state index in [1.165, 1.54) is 0 Å². The Kier molecular flexibility index (Phi) is 3.48. The van der Waals surface area contributed by atoms with Gasteiger partial charge in [0.25, 0.3) is 0 Å². The third-order valence-electron chi connectivity index (χ3n) is 4.69. The second kappa shape index (κ2) is 5.49. The number of H-pyrrole nitrogens is 1. The number of likely N-dealkylation sites (N-methyl/N-ethyl adjacent to an activating group) is 1. The highest BCUT2D eigenvalue weighted by Gasteiger charge is 2.36. The number of aliphatic hydroxyl groups excluding tert-OH is 1. The number of nitrogens with one attached hydrogen (secondary N) is 1. The number of β-amino-alcohol motifs (C(OH)–C–C–N with tert-alkyl or cyclic N) is 1. The Morgan fingerprint density at radius 3 is 3.09 bits per heavy atom. The fraction of sp³-hybridized carbons (Fsp3) is 0.600. The molecule has 7 heteroatoms. The molecule has 0 bridgehead atoms. The molecule has 118 valence electrons. The summed E-state index contributed by atoms with van der Waals surface area (Å²) < 4.78 is 2.24. The lowest BCUT2D eigenvalue weighted by atomic mass is 10.1. The molecule has 4 rings (SSSR count). The molecule has 7 nitrogen and oxygen atoms in total. The number of rotatable bonds is 3. The highest BCUT2D eigenvalue weighted by atomic mass is 16.3. The van der Waals surface area contributed by atoms with Gasteiger partial charge in [-0.3, -0.25) is 9.80 Å². The Morgan fingerprint density at radius 1 is 1.36 bits per heavy atom. The maximum atomic E-state index is 10.1. The summed E-state index contributed by atoms with van der Waals surface area (Å²) in [5.41, 5.74) is 1.16. The second-order valence-electron chi connectivity index (χ2n) is 6.39. The van der Waals surface area contributed by atoms with Crippen LogP contribution in [0.25, 0.3) is 0 Å². The first kappa shape index (κ1) is 13.9. The van der Waals surface area contributed by atoms with Crippen molar-refractivity contribution in [2.24, 2.45) is 0 Å². The van der Waals surface area contributed by atoms with E-state index < -0.39 is 0 Å². The van der Waals surface area contributed by atoms with E-state index in [2.05, 4.69) is 42.7 Å². The molecule has 0 aliphatic carbocycles. The minimum atomic E-state index is -0.292. The Morgan fingerprint density at radius 2 is 2.27 bits per heavy atom. The van der Waals surface area contributed by atoms with E-state index in [4.69, 9.17) is 0 Å². The monoisotopic (exact) mass is 302 g/mol. The summed E-state index contributed by atoms with van der Waals surface area (Å²) >= 11 is 0. The molecule has 2 atom stereocenters. The molecule has 0 aromatic carbocycles. The Bertz CT molecular complexity index is 637. The average Bonchev–Trinajstić information content (AvgIpc) is 3.19. The van der Waals surface area contributed by atoms with Crippen LogP contribution in [-0.2, 0) is 19.6 Å². The van der Waals surface area contributed by atoms with E-state index in [1.807, 2.05) is 12.3 Å². The first-order valence-electron chi connectivity index (χ1n) is 7.85. The lowest BCUT2D eigenvalue weighted by Crippen LogP contribution is -2.33. The third kappa shape index (κ3) is 2.45. The summed E-state index contributed by atoms with van der Waals surface area (Å²) in [6.07, 6.45) is 2.37. The number of aliphatic hydroxyl groups is 1. The van der Waals surface area contributed by atoms with Gasteiger partial charge in [0.05, 0.1) is 18.7 Å². The minimum Gasteiger partial charge on any atom is -0.392 e.